The van der Waals surface area contributed by atoms with E-state index in [9.17, 15) is 4.79 Å². The van der Waals surface area contributed by atoms with Gasteiger partial charge in [0.1, 0.15) is 11.9 Å². The first kappa shape index (κ1) is 14.3. The number of carbonyl (C=O) groups is 1. The van der Waals surface area contributed by atoms with Crippen molar-refractivity contribution in [3.05, 3.63) is 35.9 Å². The molecule has 1 N–H and O–H groups in total. The van der Waals surface area contributed by atoms with Crippen molar-refractivity contribution in [3.8, 4) is 0 Å². The van der Waals surface area contributed by atoms with Crippen LogP contribution in [0.1, 0.15) is 57.4 Å². The second kappa shape index (κ2) is 6.00. The molecular weight excluding hydrogens is 260 g/mol. The lowest BCUT2D eigenvalue weighted by atomic mass is 9.68. The standard InChI is InChI=1S/C18H24N2O/c1-2-9-15-16(21)20-17(19-15)18(12-7-4-8-13-18)14-10-5-3-6-11-14/h3,5-6,10-11,15H,2,4,7-9,12-13H2,1H3,(H,19,20,21). The van der Waals surface area contributed by atoms with Crippen molar-refractivity contribution in [1.82, 2.24) is 5.32 Å². The van der Waals surface area contributed by atoms with Gasteiger partial charge in [-0.1, -0.05) is 62.9 Å². The average Bonchev–Trinajstić information content (AvgIpc) is 2.91. The summed E-state index contributed by atoms with van der Waals surface area (Å²) in [5.74, 6) is 1.02. The third-order valence-corrected chi connectivity index (χ3v) is 4.88. The topological polar surface area (TPSA) is 41.5 Å². The first-order chi connectivity index (χ1) is 10.3. The average molecular weight is 284 g/mol. The normalized spacial score (nSPS) is 24.5. The second-order valence-corrected chi connectivity index (χ2v) is 6.28. The Morgan fingerprint density at radius 3 is 2.57 bits per heavy atom. The maximum Gasteiger partial charge on any atom is 0.250 e. The van der Waals surface area contributed by atoms with E-state index in [4.69, 9.17) is 4.99 Å². The van der Waals surface area contributed by atoms with Crippen LogP contribution in [0.5, 0.6) is 0 Å². The Hall–Kier alpha value is -1.64. The van der Waals surface area contributed by atoms with Crippen LogP contribution in [0.25, 0.3) is 0 Å². The molecular formula is C18H24N2O. The summed E-state index contributed by atoms with van der Waals surface area (Å²) in [6, 6.07) is 10.4. The molecule has 0 aromatic heterocycles. The second-order valence-electron chi connectivity index (χ2n) is 6.28. The molecule has 1 heterocycles. The smallest absolute Gasteiger partial charge is 0.250 e. The number of rotatable bonds is 4. The number of carbonyl (C=O) groups excluding carboxylic acids is 1. The van der Waals surface area contributed by atoms with E-state index in [1.165, 1.54) is 24.8 Å². The Kier molecular flexibility index (Phi) is 4.09. The predicted molar refractivity (Wildman–Crippen MR) is 85.5 cm³/mol. The minimum Gasteiger partial charge on any atom is -0.312 e. The molecule has 0 saturated heterocycles. The van der Waals surface area contributed by atoms with Crippen molar-refractivity contribution in [1.29, 1.82) is 0 Å². The summed E-state index contributed by atoms with van der Waals surface area (Å²) in [7, 11) is 0. The van der Waals surface area contributed by atoms with E-state index in [1.807, 2.05) is 0 Å². The van der Waals surface area contributed by atoms with E-state index in [1.54, 1.807) is 0 Å². The fraction of sp³-hybridized carbons (Fsp3) is 0.556. The minimum atomic E-state index is -0.174. The number of amides is 1. The Balaban J connectivity index is 1.97. The van der Waals surface area contributed by atoms with Crippen LogP contribution >= 0.6 is 0 Å². The lowest BCUT2D eigenvalue weighted by molar-refractivity contribution is -0.120. The molecule has 21 heavy (non-hydrogen) atoms. The van der Waals surface area contributed by atoms with Crippen molar-refractivity contribution in [3.63, 3.8) is 0 Å². The van der Waals surface area contributed by atoms with E-state index in [0.29, 0.717) is 0 Å². The Morgan fingerprint density at radius 1 is 1.19 bits per heavy atom. The van der Waals surface area contributed by atoms with Gasteiger partial charge in [0, 0.05) is 0 Å². The van der Waals surface area contributed by atoms with Gasteiger partial charge in [-0.05, 0) is 24.8 Å². The van der Waals surface area contributed by atoms with Gasteiger partial charge in [-0.3, -0.25) is 9.79 Å². The molecule has 1 aromatic carbocycles. The quantitative estimate of drug-likeness (QED) is 0.902. The van der Waals surface area contributed by atoms with Crippen molar-refractivity contribution < 1.29 is 4.79 Å². The summed E-state index contributed by atoms with van der Waals surface area (Å²) >= 11 is 0. The summed E-state index contributed by atoms with van der Waals surface area (Å²) in [6.07, 6.45) is 7.73. The maximum absolute atomic E-state index is 12.2. The van der Waals surface area contributed by atoms with Gasteiger partial charge in [0.25, 0.3) is 0 Å². The zero-order chi connectivity index (χ0) is 14.7. The SMILES string of the molecule is CCCC1N=C(C2(c3ccccc3)CCCCC2)NC1=O. The number of benzene rings is 1. The van der Waals surface area contributed by atoms with Crippen LogP contribution in [0, 0.1) is 0 Å². The fourth-order valence-electron chi connectivity index (χ4n) is 3.73. The van der Waals surface area contributed by atoms with E-state index < -0.39 is 0 Å². The van der Waals surface area contributed by atoms with Gasteiger partial charge in [0.15, 0.2) is 0 Å². The lowest BCUT2D eigenvalue weighted by Gasteiger charge is -2.37. The van der Waals surface area contributed by atoms with Gasteiger partial charge in [0.2, 0.25) is 5.91 Å². The molecule has 1 amide bonds. The number of aliphatic imine (C=N–C) groups is 1. The Bertz CT molecular complexity index is 529. The van der Waals surface area contributed by atoms with Crippen molar-refractivity contribution in [2.75, 3.05) is 0 Å². The highest BCUT2D eigenvalue weighted by atomic mass is 16.2. The highest BCUT2D eigenvalue weighted by Gasteiger charge is 2.43. The van der Waals surface area contributed by atoms with Crippen LogP contribution in [0.2, 0.25) is 0 Å². The summed E-state index contributed by atoms with van der Waals surface area (Å²) in [4.78, 5) is 17.0. The van der Waals surface area contributed by atoms with Crippen LogP contribution in [0.15, 0.2) is 35.3 Å². The van der Waals surface area contributed by atoms with Gasteiger partial charge in [-0.2, -0.15) is 0 Å². The summed E-state index contributed by atoms with van der Waals surface area (Å²) < 4.78 is 0. The molecule has 0 spiro atoms. The third-order valence-electron chi connectivity index (χ3n) is 4.88. The Morgan fingerprint density at radius 2 is 1.90 bits per heavy atom. The molecule has 1 aromatic rings. The van der Waals surface area contributed by atoms with Crippen LogP contribution in [-0.2, 0) is 10.2 Å². The minimum absolute atomic E-state index is 0.0718. The van der Waals surface area contributed by atoms with E-state index in [2.05, 4.69) is 42.6 Å². The molecule has 1 aliphatic heterocycles. The van der Waals surface area contributed by atoms with Crippen LogP contribution < -0.4 is 5.32 Å². The first-order valence-corrected chi connectivity index (χ1v) is 8.21. The third kappa shape index (κ3) is 2.61. The first-order valence-electron chi connectivity index (χ1n) is 8.21. The highest BCUT2D eigenvalue weighted by molar-refractivity contribution is 6.10. The molecule has 112 valence electrons. The largest absolute Gasteiger partial charge is 0.312 e. The molecule has 1 fully saturated rings. The van der Waals surface area contributed by atoms with Crippen LogP contribution in [0.3, 0.4) is 0 Å². The van der Waals surface area contributed by atoms with E-state index in [0.717, 1.165) is 31.5 Å². The molecule has 3 heteroatoms. The van der Waals surface area contributed by atoms with Gasteiger partial charge >= 0.3 is 0 Å². The summed E-state index contributed by atoms with van der Waals surface area (Å²) in [5.41, 5.74) is 1.23. The molecule has 3 rings (SSSR count). The molecule has 0 bridgehead atoms. The zero-order valence-corrected chi connectivity index (χ0v) is 12.8. The molecule has 1 saturated carbocycles. The van der Waals surface area contributed by atoms with Gasteiger partial charge in [-0.15, -0.1) is 0 Å². The van der Waals surface area contributed by atoms with Crippen molar-refractivity contribution in [2.45, 2.75) is 63.3 Å². The van der Waals surface area contributed by atoms with Crippen molar-refractivity contribution in [2.24, 2.45) is 4.99 Å². The fourth-order valence-corrected chi connectivity index (χ4v) is 3.73. The molecule has 1 unspecified atom stereocenters. The molecule has 1 atom stereocenters. The van der Waals surface area contributed by atoms with Gasteiger partial charge < -0.3 is 5.32 Å². The number of hydrogen-bond acceptors (Lipinski definition) is 2. The van der Waals surface area contributed by atoms with Crippen LogP contribution in [0.4, 0.5) is 0 Å². The number of amidine groups is 1. The highest BCUT2D eigenvalue weighted by Crippen LogP contribution is 2.41. The number of nitrogens with one attached hydrogen (secondary N) is 1. The van der Waals surface area contributed by atoms with Gasteiger partial charge in [0.05, 0.1) is 5.41 Å². The van der Waals surface area contributed by atoms with Crippen molar-refractivity contribution >= 4 is 11.7 Å². The molecule has 2 aliphatic rings. The van der Waals surface area contributed by atoms with E-state index >= 15 is 0 Å². The molecule has 1 aliphatic carbocycles. The molecule has 3 nitrogen and oxygen atoms in total. The summed E-state index contributed by atoms with van der Waals surface area (Å²) in [6.45, 7) is 2.11. The number of nitrogens with zero attached hydrogens (tertiary/aromatic N) is 1. The Labute approximate surface area is 126 Å². The van der Waals surface area contributed by atoms with E-state index in [-0.39, 0.29) is 17.4 Å². The van der Waals surface area contributed by atoms with Gasteiger partial charge in [-0.25, -0.2) is 0 Å². The summed E-state index contributed by atoms with van der Waals surface area (Å²) in [5, 5.41) is 3.11. The van der Waals surface area contributed by atoms with Crippen LogP contribution in [-0.4, -0.2) is 17.8 Å². The maximum atomic E-state index is 12.2. The predicted octanol–water partition coefficient (Wildman–Crippen LogP) is 3.59. The zero-order valence-electron chi connectivity index (χ0n) is 12.8. The molecule has 0 radical (unpaired) electrons. The number of hydrogen-bond donors (Lipinski definition) is 1. The lowest BCUT2D eigenvalue weighted by Crippen LogP contribution is -2.45. The monoisotopic (exact) mass is 284 g/mol.